The van der Waals surface area contributed by atoms with Crippen LogP contribution in [0, 0.1) is 0 Å². The van der Waals surface area contributed by atoms with Crippen LogP contribution < -0.4 is 0 Å². The minimum Gasteiger partial charge on any atom is -0.480 e. The predicted octanol–water partition coefficient (Wildman–Crippen LogP) is 0.628. The van der Waals surface area contributed by atoms with Crippen molar-refractivity contribution < 1.29 is 23.1 Å². The summed E-state index contributed by atoms with van der Waals surface area (Å²) in [4.78, 5) is 25.8. The van der Waals surface area contributed by atoms with E-state index in [0.29, 0.717) is 25.9 Å². The number of sulfonamides is 1. The van der Waals surface area contributed by atoms with Gasteiger partial charge in [-0.1, -0.05) is 6.07 Å². The van der Waals surface area contributed by atoms with Gasteiger partial charge in [0, 0.05) is 24.0 Å². The first-order valence-electron chi connectivity index (χ1n) is 7.26. The van der Waals surface area contributed by atoms with Gasteiger partial charge in [-0.15, -0.1) is 11.3 Å². The van der Waals surface area contributed by atoms with Crippen molar-refractivity contribution in [1.82, 2.24) is 9.21 Å². The van der Waals surface area contributed by atoms with Crippen LogP contribution in [0.1, 0.15) is 17.7 Å². The second kappa shape index (κ2) is 7.41. The van der Waals surface area contributed by atoms with Gasteiger partial charge in [0.15, 0.2) is 0 Å². The maximum Gasteiger partial charge on any atom is 0.323 e. The van der Waals surface area contributed by atoms with Crippen molar-refractivity contribution in [3.05, 3.63) is 22.4 Å². The lowest BCUT2D eigenvalue weighted by atomic mass is 10.0. The van der Waals surface area contributed by atoms with Gasteiger partial charge in [0.2, 0.25) is 15.9 Å². The third-order valence-electron chi connectivity index (χ3n) is 3.86. The normalized spacial score (nSPS) is 17.1. The quantitative estimate of drug-likeness (QED) is 0.803. The second-order valence-electron chi connectivity index (χ2n) is 5.56. The van der Waals surface area contributed by atoms with Crippen LogP contribution in [0.2, 0.25) is 0 Å². The molecule has 23 heavy (non-hydrogen) atoms. The SMILES string of the molecule is CS(=O)(=O)N1CCC(N(CC(=O)O)C(=O)Cc2cccs2)CC1. The van der Waals surface area contributed by atoms with Crippen LogP contribution in [-0.4, -0.2) is 66.5 Å². The van der Waals surface area contributed by atoms with Gasteiger partial charge < -0.3 is 10.0 Å². The fourth-order valence-electron chi connectivity index (χ4n) is 2.72. The first-order valence-corrected chi connectivity index (χ1v) is 9.99. The zero-order valence-corrected chi connectivity index (χ0v) is 14.5. The van der Waals surface area contributed by atoms with Gasteiger partial charge >= 0.3 is 5.97 Å². The highest BCUT2D eigenvalue weighted by Crippen LogP contribution is 2.20. The van der Waals surface area contributed by atoms with Gasteiger partial charge in [-0.05, 0) is 24.3 Å². The summed E-state index contributed by atoms with van der Waals surface area (Å²) in [5.41, 5.74) is 0. The number of amides is 1. The molecule has 0 aliphatic carbocycles. The molecule has 1 fully saturated rings. The predicted molar refractivity (Wildman–Crippen MR) is 86.8 cm³/mol. The zero-order valence-electron chi connectivity index (χ0n) is 12.8. The van der Waals surface area contributed by atoms with E-state index in [1.54, 1.807) is 0 Å². The number of carboxylic acids is 1. The van der Waals surface area contributed by atoms with E-state index < -0.39 is 16.0 Å². The maximum atomic E-state index is 12.5. The van der Waals surface area contributed by atoms with Crippen molar-refractivity contribution in [2.75, 3.05) is 25.9 Å². The van der Waals surface area contributed by atoms with Crippen molar-refractivity contribution in [2.24, 2.45) is 0 Å². The monoisotopic (exact) mass is 360 g/mol. The van der Waals surface area contributed by atoms with E-state index in [1.165, 1.54) is 20.5 Å². The number of hydrogen-bond donors (Lipinski definition) is 1. The van der Waals surface area contributed by atoms with Crippen LogP contribution in [0.25, 0.3) is 0 Å². The van der Waals surface area contributed by atoms with E-state index in [0.717, 1.165) is 11.1 Å². The highest BCUT2D eigenvalue weighted by molar-refractivity contribution is 7.88. The Kier molecular flexibility index (Phi) is 5.77. The standard InChI is InChI=1S/C14H20N2O5S2/c1-23(20,21)15-6-4-11(5-7-15)16(10-14(18)19)13(17)9-12-3-2-8-22-12/h2-3,8,11H,4-7,9-10H2,1H3,(H,18,19). The lowest BCUT2D eigenvalue weighted by Gasteiger charge is -2.37. The Hall–Kier alpha value is -1.45. The molecule has 1 aliphatic rings. The molecular formula is C14H20N2O5S2. The molecular weight excluding hydrogens is 340 g/mol. The fourth-order valence-corrected chi connectivity index (χ4v) is 4.29. The van der Waals surface area contributed by atoms with Crippen molar-refractivity contribution in [3.8, 4) is 0 Å². The Bertz CT molecular complexity index is 649. The minimum absolute atomic E-state index is 0.178. The van der Waals surface area contributed by atoms with Crippen molar-refractivity contribution >= 4 is 33.2 Å². The van der Waals surface area contributed by atoms with Crippen molar-refractivity contribution in [3.63, 3.8) is 0 Å². The molecule has 1 aromatic heterocycles. The van der Waals surface area contributed by atoms with Crippen LogP contribution in [0.5, 0.6) is 0 Å². The van der Waals surface area contributed by atoms with Gasteiger partial charge in [-0.3, -0.25) is 9.59 Å². The first kappa shape index (κ1) is 17.9. The molecule has 0 aromatic carbocycles. The zero-order chi connectivity index (χ0) is 17.0. The molecule has 0 atom stereocenters. The molecule has 2 heterocycles. The van der Waals surface area contributed by atoms with E-state index in [1.807, 2.05) is 17.5 Å². The van der Waals surface area contributed by atoms with Crippen LogP contribution in [-0.2, 0) is 26.0 Å². The van der Waals surface area contributed by atoms with Crippen LogP contribution in [0.3, 0.4) is 0 Å². The molecule has 0 spiro atoms. The Morgan fingerprint density at radius 1 is 1.39 bits per heavy atom. The molecule has 0 unspecified atom stereocenters. The molecule has 1 N–H and O–H groups in total. The molecule has 1 saturated heterocycles. The third-order valence-corrected chi connectivity index (χ3v) is 6.04. The molecule has 1 aliphatic heterocycles. The summed E-state index contributed by atoms with van der Waals surface area (Å²) in [6.45, 7) is 0.269. The number of aliphatic carboxylic acids is 1. The van der Waals surface area contributed by atoms with Gasteiger partial charge in [-0.2, -0.15) is 0 Å². The number of carboxylic acid groups (broad SMARTS) is 1. The summed E-state index contributed by atoms with van der Waals surface area (Å²) < 4.78 is 24.4. The largest absolute Gasteiger partial charge is 0.480 e. The highest BCUT2D eigenvalue weighted by Gasteiger charge is 2.31. The Labute approximate surface area is 139 Å². The average Bonchev–Trinajstić information content (AvgIpc) is 2.96. The lowest BCUT2D eigenvalue weighted by molar-refractivity contribution is -0.146. The second-order valence-corrected chi connectivity index (χ2v) is 8.58. The Morgan fingerprint density at radius 3 is 2.52 bits per heavy atom. The lowest BCUT2D eigenvalue weighted by Crippen LogP contribution is -2.50. The van der Waals surface area contributed by atoms with Gasteiger partial charge in [0.25, 0.3) is 0 Å². The van der Waals surface area contributed by atoms with Crippen molar-refractivity contribution in [2.45, 2.75) is 25.3 Å². The molecule has 1 aromatic rings. The number of rotatable bonds is 6. The first-order chi connectivity index (χ1) is 10.8. The summed E-state index contributed by atoms with van der Waals surface area (Å²) in [5.74, 6) is -1.29. The summed E-state index contributed by atoms with van der Waals surface area (Å²) in [6, 6.07) is 3.45. The Balaban J connectivity index is 2.04. The fraction of sp³-hybridized carbons (Fsp3) is 0.571. The van der Waals surface area contributed by atoms with Gasteiger partial charge in [-0.25, -0.2) is 12.7 Å². The Morgan fingerprint density at radius 2 is 2.04 bits per heavy atom. The van der Waals surface area contributed by atoms with Crippen LogP contribution in [0.15, 0.2) is 17.5 Å². The van der Waals surface area contributed by atoms with E-state index in [2.05, 4.69) is 0 Å². The summed E-state index contributed by atoms with van der Waals surface area (Å²) in [6.07, 6.45) is 2.24. The van der Waals surface area contributed by atoms with Crippen LogP contribution in [0.4, 0.5) is 0 Å². The van der Waals surface area contributed by atoms with E-state index in [-0.39, 0.29) is 24.9 Å². The third kappa shape index (κ3) is 5.02. The van der Waals surface area contributed by atoms with E-state index in [9.17, 15) is 18.0 Å². The van der Waals surface area contributed by atoms with Crippen LogP contribution >= 0.6 is 11.3 Å². The molecule has 0 saturated carbocycles. The number of nitrogens with zero attached hydrogens (tertiary/aromatic N) is 2. The van der Waals surface area contributed by atoms with Crippen molar-refractivity contribution in [1.29, 1.82) is 0 Å². The highest BCUT2D eigenvalue weighted by atomic mass is 32.2. The molecule has 0 bridgehead atoms. The number of piperidine rings is 1. The minimum atomic E-state index is -3.24. The average molecular weight is 360 g/mol. The molecule has 7 nitrogen and oxygen atoms in total. The summed E-state index contributed by atoms with van der Waals surface area (Å²) >= 11 is 1.46. The molecule has 2 rings (SSSR count). The number of thiophene rings is 1. The van der Waals surface area contributed by atoms with Gasteiger partial charge in [0.1, 0.15) is 6.54 Å². The maximum absolute atomic E-state index is 12.5. The summed E-state index contributed by atoms with van der Waals surface area (Å²) in [7, 11) is -3.24. The van der Waals surface area contributed by atoms with E-state index in [4.69, 9.17) is 5.11 Å². The molecule has 9 heteroatoms. The summed E-state index contributed by atoms with van der Waals surface area (Å²) in [5, 5.41) is 10.9. The molecule has 1 amide bonds. The van der Waals surface area contributed by atoms with Gasteiger partial charge in [0.05, 0.1) is 12.7 Å². The topological polar surface area (TPSA) is 95.0 Å². The number of carbonyl (C=O) groups excluding carboxylic acids is 1. The molecule has 0 radical (unpaired) electrons. The number of hydrogen-bond acceptors (Lipinski definition) is 5. The number of carbonyl (C=O) groups is 2. The molecule has 128 valence electrons. The van der Waals surface area contributed by atoms with E-state index >= 15 is 0 Å². The smallest absolute Gasteiger partial charge is 0.323 e.